The minimum Gasteiger partial charge on any atom is -0.374 e. The smallest absolute Gasteiger partial charge is 0.374 e. The summed E-state index contributed by atoms with van der Waals surface area (Å²) in [6.07, 6.45) is 0. The first-order chi connectivity index (χ1) is 10.1. The lowest BCUT2D eigenvalue weighted by molar-refractivity contribution is 0.116. The summed E-state index contributed by atoms with van der Waals surface area (Å²) in [6, 6.07) is 0. The molecule has 0 amide bonds. The van der Waals surface area contributed by atoms with Gasteiger partial charge in [-0.2, -0.15) is 0 Å². The molecule has 5 nitrogen and oxygen atoms in total. The highest BCUT2D eigenvalue weighted by Gasteiger charge is 2.34. The molecule has 0 N–H and O–H groups in total. The van der Waals surface area contributed by atoms with Crippen LogP contribution in [0.4, 0.5) is 0 Å². The van der Waals surface area contributed by atoms with Crippen molar-refractivity contribution in [2.24, 2.45) is 0 Å². The Morgan fingerprint density at radius 3 is 1.52 bits per heavy atom. The van der Waals surface area contributed by atoms with Crippen molar-refractivity contribution in [1.82, 2.24) is 9.80 Å². The molecule has 21 heavy (non-hydrogen) atoms. The Labute approximate surface area is 134 Å². The summed E-state index contributed by atoms with van der Waals surface area (Å²) in [7, 11) is 1.92. The van der Waals surface area contributed by atoms with E-state index in [0.29, 0.717) is 5.79 Å². The molecule has 0 atom stereocenters. The van der Waals surface area contributed by atoms with E-state index in [-0.39, 0.29) is 0 Å². The zero-order valence-electron chi connectivity index (χ0n) is 14.9. The van der Waals surface area contributed by atoms with Gasteiger partial charge in [0.25, 0.3) is 0 Å². The SMILES string of the molecule is CCN(CC)C([SiH2]C=C[Si](OC)(OC)OC)N(CC)CC. The van der Waals surface area contributed by atoms with Crippen LogP contribution in [-0.4, -0.2) is 81.4 Å². The summed E-state index contributed by atoms with van der Waals surface area (Å²) in [4.78, 5) is 5.08. The van der Waals surface area contributed by atoms with E-state index in [9.17, 15) is 0 Å². The predicted molar refractivity (Wildman–Crippen MR) is 94.1 cm³/mol. The predicted octanol–water partition coefficient (Wildman–Crippen LogP) is 1.05. The molecule has 0 aromatic carbocycles. The molecule has 0 bridgehead atoms. The van der Waals surface area contributed by atoms with Crippen LogP contribution in [-0.2, 0) is 13.3 Å². The molecular formula is C14H34N2O3Si2. The normalized spacial score (nSPS) is 13.8. The van der Waals surface area contributed by atoms with Crippen molar-refractivity contribution in [3.8, 4) is 0 Å². The number of hydrogen-bond donors (Lipinski definition) is 0. The largest absolute Gasteiger partial charge is 0.528 e. The molecule has 0 saturated heterocycles. The van der Waals surface area contributed by atoms with Crippen molar-refractivity contribution in [2.45, 2.75) is 33.5 Å². The van der Waals surface area contributed by atoms with Crippen molar-refractivity contribution in [3.63, 3.8) is 0 Å². The summed E-state index contributed by atoms with van der Waals surface area (Å²) < 4.78 is 16.3. The Hall–Kier alpha value is -0.0262. The molecule has 126 valence electrons. The van der Waals surface area contributed by atoms with Gasteiger partial charge in [-0.1, -0.05) is 33.4 Å². The van der Waals surface area contributed by atoms with Gasteiger partial charge in [-0.05, 0) is 31.9 Å². The van der Waals surface area contributed by atoms with Crippen LogP contribution < -0.4 is 0 Å². The number of nitrogens with zero attached hydrogens (tertiary/aromatic N) is 2. The van der Waals surface area contributed by atoms with E-state index in [1.165, 1.54) is 0 Å². The maximum absolute atomic E-state index is 5.45. The van der Waals surface area contributed by atoms with E-state index < -0.39 is 18.3 Å². The lowest BCUT2D eigenvalue weighted by Crippen LogP contribution is -2.51. The standard InChI is InChI=1S/C14H34N2O3Si2/c1-8-15(9-2)14(16(10-3)11-4)20-12-13-21(17-5,18-6)19-7/h12-14H,8-11,20H2,1-7H3. The third kappa shape index (κ3) is 6.31. The molecule has 0 aliphatic carbocycles. The maximum Gasteiger partial charge on any atom is 0.528 e. The molecule has 0 radical (unpaired) electrons. The van der Waals surface area contributed by atoms with Crippen molar-refractivity contribution in [1.29, 1.82) is 0 Å². The average molecular weight is 335 g/mol. The molecule has 0 aromatic rings. The highest BCUT2D eigenvalue weighted by molar-refractivity contribution is 6.67. The minimum absolute atomic E-state index is 0.455. The fourth-order valence-corrected chi connectivity index (χ4v) is 7.09. The van der Waals surface area contributed by atoms with Gasteiger partial charge >= 0.3 is 8.80 Å². The molecule has 0 saturated carbocycles. The summed E-state index contributed by atoms with van der Waals surface area (Å²) in [5.41, 5.74) is 4.32. The number of hydrogen-bond acceptors (Lipinski definition) is 5. The molecule has 0 heterocycles. The molecule has 0 aliphatic rings. The maximum atomic E-state index is 5.45. The van der Waals surface area contributed by atoms with Crippen LogP contribution in [0.15, 0.2) is 11.4 Å². The molecule has 7 heteroatoms. The second kappa shape index (κ2) is 11.5. The van der Waals surface area contributed by atoms with Crippen LogP contribution in [0, 0.1) is 0 Å². The summed E-state index contributed by atoms with van der Waals surface area (Å²) in [5.74, 6) is 0.545. The van der Waals surface area contributed by atoms with Crippen molar-refractivity contribution in [2.75, 3.05) is 47.5 Å². The van der Waals surface area contributed by atoms with Crippen LogP contribution in [0.5, 0.6) is 0 Å². The molecule has 0 rings (SSSR count). The topological polar surface area (TPSA) is 34.2 Å². The van der Waals surface area contributed by atoms with Crippen molar-refractivity contribution >= 4 is 18.3 Å². The van der Waals surface area contributed by atoms with Crippen molar-refractivity contribution in [3.05, 3.63) is 11.4 Å². The third-order valence-corrected chi connectivity index (χ3v) is 8.77. The van der Waals surface area contributed by atoms with E-state index in [1.54, 1.807) is 21.3 Å². The average Bonchev–Trinajstić information content (AvgIpc) is 2.53. The lowest BCUT2D eigenvalue weighted by atomic mass is 10.5. The minimum atomic E-state index is -2.58. The van der Waals surface area contributed by atoms with E-state index in [4.69, 9.17) is 13.3 Å². The molecular weight excluding hydrogens is 300 g/mol. The monoisotopic (exact) mass is 334 g/mol. The highest BCUT2D eigenvalue weighted by atomic mass is 28.4. The first kappa shape index (κ1) is 21.0. The zero-order valence-corrected chi connectivity index (χ0v) is 17.3. The first-order valence-corrected chi connectivity index (χ1v) is 11.3. The second-order valence-corrected chi connectivity index (χ2v) is 9.22. The summed E-state index contributed by atoms with van der Waals surface area (Å²) in [5, 5.41) is 0. The Kier molecular flexibility index (Phi) is 11.5. The fraction of sp³-hybridized carbons (Fsp3) is 0.857. The van der Waals surface area contributed by atoms with Crippen LogP contribution in [0.2, 0.25) is 0 Å². The van der Waals surface area contributed by atoms with Gasteiger partial charge in [-0.15, -0.1) is 0 Å². The van der Waals surface area contributed by atoms with Crippen LogP contribution >= 0.6 is 0 Å². The van der Waals surface area contributed by atoms with E-state index >= 15 is 0 Å². The highest BCUT2D eigenvalue weighted by Crippen LogP contribution is 2.09. The summed E-state index contributed by atoms with van der Waals surface area (Å²) >= 11 is 0. The molecule has 0 fully saturated rings. The third-order valence-electron chi connectivity index (χ3n) is 3.99. The lowest BCUT2D eigenvalue weighted by Gasteiger charge is -2.37. The van der Waals surface area contributed by atoms with E-state index in [1.807, 2.05) is 5.70 Å². The van der Waals surface area contributed by atoms with Crippen molar-refractivity contribution < 1.29 is 13.3 Å². The van der Waals surface area contributed by atoms with Gasteiger partial charge in [0.1, 0.15) is 0 Å². The van der Waals surface area contributed by atoms with Gasteiger partial charge in [0, 0.05) is 27.1 Å². The summed E-state index contributed by atoms with van der Waals surface area (Å²) in [6.45, 7) is 13.3. The van der Waals surface area contributed by atoms with Crippen LogP contribution in [0.3, 0.4) is 0 Å². The van der Waals surface area contributed by atoms with E-state index in [0.717, 1.165) is 26.2 Å². The van der Waals surface area contributed by atoms with Gasteiger partial charge in [-0.3, -0.25) is 9.80 Å². The van der Waals surface area contributed by atoms with Crippen LogP contribution in [0.25, 0.3) is 0 Å². The Bertz CT molecular complexity index is 261. The molecule has 0 spiro atoms. The fourth-order valence-electron chi connectivity index (χ4n) is 2.61. The molecule has 0 aliphatic heterocycles. The molecule has 0 unspecified atom stereocenters. The zero-order chi connectivity index (χ0) is 16.3. The van der Waals surface area contributed by atoms with Crippen LogP contribution in [0.1, 0.15) is 27.7 Å². The Morgan fingerprint density at radius 1 is 0.857 bits per heavy atom. The Morgan fingerprint density at radius 2 is 1.24 bits per heavy atom. The van der Waals surface area contributed by atoms with Gasteiger partial charge in [0.05, 0.1) is 9.52 Å². The number of rotatable bonds is 12. The van der Waals surface area contributed by atoms with Gasteiger partial charge in [0.15, 0.2) is 0 Å². The quantitative estimate of drug-likeness (QED) is 0.394. The van der Waals surface area contributed by atoms with Gasteiger partial charge in [0.2, 0.25) is 0 Å². The van der Waals surface area contributed by atoms with E-state index in [2.05, 4.69) is 43.2 Å². The van der Waals surface area contributed by atoms with Gasteiger partial charge < -0.3 is 13.3 Å². The second-order valence-electron chi connectivity index (χ2n) is 4.78. The van der Waals surface area contributed by atoms with Gasteiger partial charge in [-0.25, -0.2) is 0 Å². The first-order valence-electron chi connectivity index (χ1n) is 7.89. The molecule has 0 aromatic heterocycles. The Balaban J connectivity index is 4.97.